The van der Waals surface area contributed by atoms with Gasteiger partial charge >= 0.3 is 0 Å². The SMILES string of the molecule is CCNC(=NCc1coc(-c2ccc(C)cc2)n1)NC1CCCCC1. The standard InChI is InChI=1S/C20H28N4O/c1-3-21-20(24-17-7-5-4-6-8-17)22-13-18-14-25-19(23-18)16-11-9-15(2)10-12-16/h9-12,14,17H,3-8,13H2,1-2H3,(H2,21,22,24). The van der Waals surface area contributed by atoms with Crippen LogP contribution >= 0.6 is 0 Å². The van der Waals surface area contributed by atoms with Crippen molar-refractivity contribution in [1.82, 2.24) is 15.6 Å². The van der Waals surface area contributed by atoms with Gasteiger partial charge in [0.15, 0.2) is 5.96 Å². The zero-order valence-corrected chi connectivity index (χ0v) is 15.2. The Hall–Kier alpha value is -2.30. The van der Waals surface area contributed by atoms with E-state index in [1.165, 1.54) is 37.7 Å². The van der Waals surface area contributed by atoms with Gasteiger partial charge in [-0.3, -0.25) is 0 Å². The van der Waals surface area contributed by atoms with E-state index in [1.807, 2.05) is 12.1 Å². The Morgan fingerprint density at radius 1 is 1.20 bits per heavy atom. The van der Waals surface area contributed by atoms with Gasteiger partial charge in [0, 0.05) is 18.2 Å². The first-order valence-electron chi connectivity index (χ1n) is 9.31. The number of nitrogens with zero attached hydrogens (tertiary/aromatic N) is 2. The van der Waals surface area contributed by atoms with Gasteiger partial charge in [-0.05, 0) is 38.8 Å². The summed E-state index contributed by atoms with van der Waals surface area (Å²) >= 11 is 0. The fraction of sp³-hybridized carbons (Fsp3) is 0.500. The van der Waals surface area contributed by atoms with Gasteiger partial charge in [0.25, 0.3) is 0 Å². The van der Waals surface area contributed by atoms with Crippen LogP contribution in [0.5, 0.6) is 0 Å². The summed E-state index contributed by atoms with van der Waals surface area (Å²) in [7, 11) is 0. The van der Waals surface area contributed by atoms with Crippen molar-refractivity contribution in [3.05, 3.63) is 41.8 Å². The van der Waals surface area contributed by atoms with E-state index in [2.05, 4.69) is 46.6 Å². The number of aliphatic imine (C=N–C) groups is 1. The van der Waals surface area contributed by atoms with Gasteiger partial charge in [0.2, 0.25) is 5.89 Å². The summed E-state index contributed by atoms with van der Waals surface area (Å²) in [6.07, 6.45) is 8.12. The Morgan fingerprint density at radius 2 is 1.96 bits per heavy atom. The van der Waals surface area contributed by atoms with Gasteiger partial charge in [-0.2, -0.15) is 0 Å². The molecule has 0 unspecified atom stereocenters. The number of hydrogen-bond acceptors (Lipinski definition) is 3. The lowest BCUT2D eigenvalue weighted by atomic mass is 9.96. The summed E-state index contributed by atoms with van der Waals surface area (Å²) in [6, 6.07) is 8.72. The summed E-state index contributed by atoms with van der Waals surface area (Å²) in [5, 5.41) is 6.88. The van der Waals surface area contributed by atoms with Crippen molar-refractivity contribution in [2.24, 2.45) is 4.99 Å². The summed E-state index contributed by atoms with van der Waals surface area (Å²) in [5.41, 5.74) is 3.06. The molecule has 5 nitrogen and oxygen atoms in total. The minimum absolute atomic E-state index is 0.511. The second-order valence-electron chi connectivity index (χ2n) is 6.68. The topological polar surface area (TPSA) is 62.5 Å². The monoisotopic (exact) mass is 340 g/mol. The van der Waals surface area contributed by atoms with Crippen LogP contribution in [-0.4, -0.2) is 23.5 Å². The smallest absolute Gasteiger partial charge is 0.226 e. The maximum Gasteiger partial charge on any atom is 0.226 e. The van der Waals surface area contributed by atoms with E-state index in [1.54, 1.807) is 6.26 Å². The van der Waals surface area contributed by atoms with E-state index >= 15 is 0 Å². The van der Waals surface area contributed by atoms with E-state index in [0.717, 1.165) is 23.8 Å². The Morgan fingerprint density at radius 3 is 2.68 bits per heavy atom. The Balaban J connectivity index is 1.63. The number of nitrogens with one attached hydrogen (secondary N) is 2. The molecular formula is C20H28N4O. The van der Waals surface area contributed by atoms with E-state index in [-0.39, 0.29) is 0 Å². The van der Waals surface area contributed by atoms with Crippen LogP contribution in [0.4, 0.5) is 0 Å². The zero-order chi connectivity index (χ0) is 17.5. The van der Waals surface area contributed by atoms with E-state index in [0.29, 0.717) is 18.5 Å². The molecule has 0 saturated heterocycles. The summed E-state index contributed by atoms with van der Waals surface area (Å²) in [4.78, 5) is 9.23. The molecule has 1 aromatic carbocycles. The van der Waals surface area contributed by atoms with Crippen LogP contribution in [0.25, 0.3) is 11.5 Å². The molecule has 0 radical (unpaired) electrons. The lowest BCUT2D eigenvalue weighted by Gasteiger charge is -2.24. The predicted molar refractivity (Wildman–Crippen MR) is 102 cm³/mol. The maximum atomic E-state index is 5.61. The molecule has 1 saturated carbocycles. The summed E-state index contributed by atoms with van der Waals surface area (Å²) in [5.74, 6) is 1.52. The highest BCUT2D eigenvalue weighted by atomic mass is 16.3. The Bertz CT molecular complexity index is 684. The van der Waals surface area contributed by atoms with Crippen molar-refractivity contribution >= 4 is 5.96 Å². The van der Waals surface area contributed by atoms with Crippen LogP contribution in [0.1, 0.15) is 50.3 Å². The maximum absolute atomic E-state index is 5.61. The van der Waals surface area contributed by atoms with Gasteiger partial charge in [-0.1, -0.05) is 37.0 Å². The number of hydrogen-bond donors (Lipinski definition) is 2. The first kappa shape index (κ1) is 17.5. The predicted octanol–water partition coefficient (Wildman–Crippen LogP) is 4.04. The average Bonchev–Trinajstić information content (AvgIpc) is 3.10. The molecule has 25 heavy (non-hydrogen) atoms. The summed E-state index contributed by atoms with van der Waals surface area (Å²) in [6.45, 7) is 5.52. The molecule has 1 aromatic heterocycles. The van der Waals surface area contributed by atoms with E-state index in [9.17, 15) is 0 Å². The third-order valence-corrected chi connectivity index (χ3v) is 4.54. The quantitative estimate of drug-likeness (QED) is 0.637. The molecule has 134 valence electrons. The van der Waals surface area contributed by atoms with Crippen molar-refractivity contribution in [1.29, 1.82) is 0 Å². The number of rotatable bonds is 5. The van der Waals surface area contributed by atoms with Gasteiger partial charge in [-0.15, -0.1) is 0 Å². The van der Waals surface area contributed by atoms with Crippen molar-refractivity contribution in [2.45, 2.75) is 58.5 Å². The molecule has 0 aliphatic heterocycles. The third-order valence-electron chi connectivity index (χ3n) is 4.54. The second-order valence-corrected chi connectivity index (χ2v) is 6.68. The molecule has 3 rings (SSSR count). The Kier molecular flexibility index (Phi) is 6.09. The van der Waals surface area contributed by atoms with Gasteiger partial charge in [-0.25, -0.2) is 9.98 Å². The molecule has 1 heterocycles. The van der Waals surface area contributed by atoms with E-state index < -0.39 is 0 Å². The molecule has 0 bridgehead atoms. The molecule has 0 amide bonds. The van der Waals surface area contributed by atoms with Crippen molar-refractivity contribution in [3.63, 3.8) is 0 Å². The molecule has 1 aliphatic carbocycles. The molecule has 0 spiro atoms. The second kappa shape index (κ2) is 8.70. The summed E-state index contributed by atoms with van der Waals surface area (Å²) < 4.78 is 5.61. The minimum Gasteiger partial charge on any atom is -0.444 e. The molecule has 1 fully saturated rings. The normalized spacial score (nSPS) is 16.0. The van der Waals surface area contributed by atoms with Crippen molar-refractivity contribution in [3.8, 4) is 11.5 Å². The fourth-order valence-corrected chi connectivity index (χ4v) is 3.13. The highest BCUT2D eigenvalue weighted by Gasteiger charge is 2.14. The first-order chi connectivity index (χ1) is 12.2. The number of oxazole rings is 1. The Labute approximate surface area is 150 Å². The first-order valence-corrected chi connectivity index (χ1v) is 9.31. The molecule has 2 aromatic rings. The van der Waals surface area contributed by atoms with Crippen molar-refractivity contribution < 1.29 is 4.42 Å². The van der Waals surface area contributed by atoms with Crippen LogP contribution in [-0.2, 0) is 6.54 Å². The zero-order valence-electron chi connectivity index (χ0n) is 15.2. The number of guanidine groups is 1. The van der Waals surface area contributed by atoms with Gasteiger partial charge < -0.3 is 15.1 Å². The van der Waals surface area contributed by atoms with Crippen LogP contribution in [0.15, 0.2) is 39.9 Å². The van der Waals surface area contributed by atoms with Gasteiger partial charge in [0.05, 0.1) is 6.54 Å². The van der Waals surface area contributed by atoms with Crippen LogP contribution in [0.3, 0.4) is 0 Å². The average molecular weight is 340 g/mol. The number of aryl methyl sites for hydroxylation is 1. The van der Waals surface area contributed by atoms with E-state index in [4.69, 9.17) is 4.42 Å². The van der Waals surface area contributed by atoms with Crippen LogP contribution in [0, 0.1) is 6.92 Å². The molecule has 1 aliphatic rings. The minimum atomic E-state index is 0.511. The lowest BCUT2D eigenvalue weighted by molar-refractivity contribution is 0.410. The lowest BCUT2D eigenvalue weighted by Crippen LogP contribution is -2.44. The van der Waals surface area contributed by atoms with Crippen LogP contribution < -0.4 is 10.6 Å². The highest BCUT2D eigenvalue weighted by molar-refractivity contribution is 5.80. The van der Waals surface area contributed by atoms with Gasteiger partial charge in [0.1, 0.15) is 12.0 Å². The van der Waals surface area contributed by atoms with Crippen molar-refractivity contribution in [2.75, 3.05) is 6.54 Å². The molecular weight excluding hydrogens is 312 g/mol. The third kappa shape index (κ3) is 5.08. The largest absolute Gasteiger partial charge is 0.444 e. The molecule has 0 atom stereocenters. The molecule has 2 N–H and O–H groups in total. The fourth-order valence-electron chi connectivity index (χ4n) is 3.13. The highest BCUT2D eigenvalue weighted by Crippen LogP contribution is 2.20. The van der Waals surface area contributed by atoms with Crippen LogP contribution in [0.2, 0.25) is 0 Å². The number of aromatic nitrogens is 1. The number of benzene rings is 1. The molecule has 5 heteroatoms.